The number of benzene rings is 3. The van der Waals surface area contributed by atoms with Gasteiger partial charge in [0.05, 0.1) is 16.6 Å². The van der Waals surface area contributed by atoms with E-state index in [1.54, 1.807) is 0 Å². The van der Waals surface area contributed by atoms with Gasteiger partial charge in [-0.15, -0.1) is 0 Å². The van der Waals surface area contributed by atoms with E-state index in [0.717, 1.165) is 37.1 Å². The summed E-state index contributed by atoms with van der Waals surface area (Å²) in [6.07, 6.45) is 3.33. The van der Waals surface area contributed by atoms with Gasteiger partial charge in [-0.05, 0) is 74.3 Å². The van der Waals surface area contributed by atoms with Crippen molar-refractivity contribution in [3.8, 4) is 5.75 Å². The highest BCUT2D eigenvalue weighted by Crippen LogP contribution is 2.71. The van der Waals surface area contributed by atoms with Crippen molar-refractivity contribution in [2.24, 2.45) is 5.41 Å². The second-order valence-electron chi connectivity index (χ2n) is 11.5. The van der Waals surface area contributed by atoms with Crippen LogP contribution in [0.1, 0.15) is 80.7 Å². The van der Waals surface area contributed by atoms with Crippen LogP contribution < -0.4 is 4.74 Å². The van der Waals surface area contributed by atoms with E-state index < -0.39 is 0 Å². The lowest BCUT2D eigenvalue weighted by molar-refractivity contribution is -0.0910. The zero-order valence-electron chi connectivity index (χ0n) is 24.4. The van der Waals surface area contributed by atoms with Crippen molar-refractivity contribution >= 4 is 21.7 Å². The number of hydrogen-bond donors (Lipinski definition) is 0. The Labute approximate surface area is 228 Å². The summed E-state index contributed by atoms with van der Waals surface area (Å²) in [7, 11) is 2.33. The van der Waals surface area contributed by atoms with Crippen LogP contribution in [0, 0.1) is 19.3 Å². The summed E-state index contributed by atoms with van der Waals surface area (Å²) in [4.78, 5) is 8.13. The van der Waals surface area contributed by atoms with E-state index in [1.807, 2.05) is 27.7 Å². The Bertz CT molecular complexity index is 1570. The molecule has 3 heteroatoms. The van der Waals surface area contributed by atoms with Gasteiger partial charge >= 0.3 is 0 Å². The highest BCUT2D eigenvalue weighted by Gasteiger charge is 2.70. The highest BCUT2D eigenvalue weighted by atomic mass is 16.5. The Balaban J connectivity index is 0.000000633. The summed E-state index contributed by atoms with van der Waals surface area (Å²) >= 11 is 0. The number of piperidine rings is 1. The van der Waals surface area contributed by atoms with E-state index in [4.69, 9.17) is 9.72 Å². The third-order valence-corrected chi connectivity index (χ3v) is 10.2. The standard InChI is InChI=1S/C31H30N2O.2C2H6/c1-17-9-10-20-15-24-30(3)16-23-18(2)21-12-11-19-7-5-6-8-22(19)26(21)32-27(23)29-31(30,13-14-33(24)4)25(20)28(17)34-29;2*1-2/h5-12,24,29H,13-16H2,1-4H3;2*1-2H3/t24-,29+,30+,31+;;/m1../s1. The lowest BCUT2D eigenvalue weighted by atomic mass is 9.44. The van der Waals surface area contributed by atoms with Gasteiger partial charge in [-0.1, -0.05) is 83.1 Å². The number of aryl methyl sites for hydroxylation is 2. The van der Waals surface area contributed by atoms with Gasteiger partial charge in [0, 0.05) is 27.8 Å². The Kier molecular flexibility index (Phi) is 5.88. The quantitative estimate of drug-likeness (QED) is 0.225. The first-order valence-corrected chi connectivity index (χ1v) is 14.7. The fraction of sp³-hybridized carbons (Fsp3) is 0.457. The minimum Gasteiger partial charge on any atom is -0.483 e. The van der Waals surface area contributed by atoms with E-state index in [0.29, 0.717) is 6.04 Å². The van der Waals surface area contributed by atoms with Crippen LogP contribution in [0.15, 0.2) is 48.5 Å². The van der Waals surface area contributed by atoms with Gasteiger partial charge in [0.15, 0.2) is 6.10 Å². The second kappa shape index (κ2) is 8.81. The molecule has 4 aliphatic rings. The molecule has 2 aliphatic heterocycles. The number of pyridine rings is 1. The first-order valence-electron chi connectivity index (χ1n) is 14.7. The maximum Gasteiger partial charge on any atom is 0.151 e. The third-order valence-electron chi connectivity index (χ3n) is 10.2. The summed E-state index contributed by atoms with van der Waals surface area (Å²) in [5, 5.41) is 3.79. The van der Waals surface area contributed by atoms with E-state index in [2.05, 4.69) is 81.2 Å². The maximum absolute atomic E-state index is 7.07. The molecule has 0 radical (unpaired) electrons. The van der Waals surface area contributed by atoms with Crippen molar-refractivity contribution in [2.75, 3.05) is 13.6 Å². The molecule has 1 saturated heterocycles. The van der Waals surface area contributed by atoms with Crippen LogP contribution in [-0.4, -0.2) is 29.5 Å². The van der Waals surface area contributed by atoms with Crippen molar-refractivity contribution in [3.63, 3.8) is 0 Å². The largest absolute Gasteiger partial charge is 0.483 e. The van der Waals surface area contributed by atoms with E-state index >= 15 is 0 Å². The Morgan fingerprint density at radius 2 is 1.71 bits per heavy atom. The van der Waals surface area contributed by atoms with Crippen molar-refractivity contribution in [1.29, 1.82) is 0 Å². The van der Waals surface area contributed by atoms with Gasteiger partial charge in [0.1, 0.15) is 5.75 Å². The number of nitrogens with zero attached hydrogens (tertiary/aromatic N) is 2. The average molecular weight is 507 g/mol. The summed E-state index contributed by atoms with van der Waals surface area (Å²) in [6.45, 7) is 16.2. The Hall–Kier alpha value is -2.91. The average Bonchev–Trinajstić information content (AvgIpc) is 3.31. The van der Waals surface area contributed by atoms with E-state index in [9.17, 15) is 0 Å². The van der Waals surface area contributed by atoms with Crippen molar-refractivity contribution in [2.45, 2.75) is 85.3 Å². The molecule has 2 aliphatic carbocycles. The van der Waals surface area contributed by atoms with Crippen LogP contribution in [0.4, 0.5) is 0 Å². The van der Waals surface area contributed by atoms with Crippen molar-refractivity contribution in [1.82, 2.24) is 9.88 Å². The number of aromatic nitrogens is 1. The molecule has 0 saturated carbocycles. The van der Waals surface area contributed by atoms with Crippen LogP contribution in [0.25, 0.3) is 21.7 Å². The molecule has 0 unspecified atom stereocenters. The van der Waals surface area contributed by atoms with Crippen LogP contribution in [0.2, 0.25) is 0 Å². The van der Waals surface area contributed by atoms with Crippen molar-refractivity contribution < 1.29 is 4.74 Å². The van der Waals surface area contributed by atoms with Crippen LogP contribution in [0.3, 0.4) is 0 Å². The molecular weight excluding hydrogens is 464 g/mol. The first kappa shape index (κ1) is 25.4. The summed E-state index contributed by atoms with van der Waals surface area (Å²) in [5.74, 6) is 1.15. The predicted octanol–water partition coefficient (Wildman–Crippen LogP) is 8.25. The zero-order valence-corrected chi connectivity index (χ0v) is 24.4. The molecule has 0 N–H and O–H groups in total. The molecule has 1 spiro atoms. The monoisotopic (exact) mass is 506 g/mol. The topological polar surface area (TPSA) is 25.4 Å². The Morgan fingerprint density at radius 3 is 2.50 bits per heavy atom. The lowest BCUT2D eigenvalue weighted by Crippen LogP contribution is -2.68. The molecule has 4 aromatic rings. The molecule has 0 amide bonds. The number of likely N-dealkylation sites (N-methyl/N-ethyl adjacent to an activating group) is 1. The van der Waals surface area contributed by atoms with Crippen molar-refractivity contribution in [3.05, 3.63) is 82.0 Å². The molecule has 3 nitrogen and oxygen atoms in total. The molecule has 3 aromatic carbocycles. The fourth-order valence-corrected chi connectivity index (χ4v) is 8.49. The molecular formula is C35H42N2O. The third kappa shape index (κ3) is 2.92. The molecule has 1 fully saturated rings. The van der Waals surface area contributed by atoms with Gasteiger partial charge in [0.25, 0.3) is 0 Å². The van der Waals surface area contributed by atoms with Crippen LogP contribution in [0.5, 0.6) is 5.75 Å². The predicted molar refractivity (Wildman–Crippen MR) is 159 cm³/mol. The number of likely N-dealkylation sites (tertiary alicyclic amines) is 1. The van der Waals surface area contributed by atoms with Gasteiger partial charge in [-0.25, -0.2) is 4.98 Å². The first-order chi connectivity index (χ1) is 18.4. The smallest absolute Gasteiger partial charge is 0.151 e. The Morgan fingerprint density at radius 1 is 0.947 bits per heavy atom. The summed E-state index contributed by atoms with van der Waals surface area (Å²) in [6, 6.07) is 18.4. The maximum atomic E-state index is 7.07. The van der Waals surface area contributed by atoms with Crippen LogP contribution in [-0.2, 0) is 18.3 Å². The number of fused-ring (bicyclic) bond motifs is 5. The molecule has 38 heavy (non-hydrogen) atoms. The van der Waals surface area contributed by atoms with Gasteiger partial charge in [-0.3, -0.25) is 0 Å². The fourth-order valence-electron chi connectivity index (χ4n) is 8.49. The minimum atomic E-state index is -0.00494. The number of hydrogen-bond acceptors (Lipinski definition) is 3. The zero-order chi connectivity index (χ0) is 27.0. The molecule has 4 atom stereocenters. The summed E-state index contributed by atoms with van der Waals surface area (Å²) < 4.78 is 7.07. The van der Waals surface area contributed by atoms with E-state index in [-0.39, 0.29) is 16.9 Å². The molecule has 198 valence electrons. The molecule has 8 rings (SSSR count). The minimum absolute atomic E-state index is 0.00378. The molecule has 3 heterocycles. The lowest BCUT2D eigenvalue weighted by Gasteiger charge is -2.64. The highest BCUT2D eigenvalue weighted by molar-refractivity contribution is 6.06. The molecule has 2 bridgehead atoms. The van der Waals surface area contributed by atoms with Gasteiger partial charge < -0.3 is 9.64 Å². The SMILES string of the molecule is CC.CC.Cc1ccc2c3c1O[C@H]1c4nc5c(ccc6ccccc65)c(C)c4C[C@@]4(C)[C@@H](C2)N(C)CC[C@]314. The number of rotatable bonds is 0. The second-order valence-corrected chi connectivity index (χ2v) is 11.5. The normalized spacial score (nSPS) is 27.9. The number of ether oxygens (including phenoxy) is 1. The molecule has 1 aromatic heterocycles. The van der Waals surface area contributed by atoms with Gasteiger partial charge in [0.2, 0.25) is 0 Å². The van der Waals surface area contributed by atoms with E-state index in [1.165, 1.54) is 49.7 Å². The van der Waals surface area contributed by atoms with Gasteiger partial charge in [-0.2, -0.15) is 0 Å². The van der Waals surface area contributed by atoms with Crippen LogP contribution >= 0.6 is 0 Å². The summed E-state index contributed by atoms with van der Waals surface area (Å²) in [5.41, 5.74) is 9.58.